The van der Waals surface area contributed by atoms with Gasteiger partial charge in [-0.15, -0.1) is 11.3 Å². The summed E-state index contributed by atoms with van der Waals surface area (Å²) >= 11 is 11.2. The molecule has 0 amide bonds. The summed E-state index contributed by atoms with van der Waals surface area (Å²) in [5.41, 5.74) is 1.04. The zero-order valence-electron chi connectivity index (χ0n) is 9.57. The van der Waals surface area contributed by atoms with E-state index < -0.39 is 0 Å². The van der Waals surface area contributed by atoms with E-state index >= 15 is 0 Å². The average Bonchev–Trinajstić information content (AvgIpc) is 3.03. The number of aromatic nitrogens is 3. The van der Waals surface area contributed by atoms with Crippen molar-refractivity contribution in [2.75, 3.05) is 0 Å². The van der Waals surface area contributed by atoms with E-state index in [1.165, 1.54) is 37.0 Å². The van der Waals surface area contributed by atoms with Gasteiger partial charge in [-0.25, -0.2) is 15.0 Å². The van der Waals surface area contributed by atoms with Crippen LogP contribution in [-0.2, 0) is 0 Å². The molecule has 1 saturated carbocycles. The molecule has 0 radical (unpaired) electrons. The van der Waals surface area contributed by atoms with Crippen LogP contribution in [0, 0.1) is 0 Å². The third-order valence-corrected chi connectivity index (χ3v) is 5.25. The molecule has 1 aliphatic carbocycles. The van der Waals surface area contributed by atoms with Crippen molar-refractivity contribution < 1.29 is 0 Å². The van der Waals surface area contributed by atoms with Crippen LogP contribution in [0.4, 0.5) is 0 Å². The van der Waals surface area contributed by atoms with Crippen LogP contribution in [0.25, 0.3) is 10.8 Å². The van der Waals surface area contributed by atoms with Gasteiger partial charge < -0.3 is 0 Å². The van der Waals surface area contributed by atoms with Crippen molar-refractivity contribution in [2.45, 2.75) is 31.6 Å². The molecule has 0 unspecified atom stereocenters. The topological polar surface area (TPSA) is 38.7 Å². The number of nitrogens with zero attached hydrogens (tertiary/aromatic N) is 3. The Hall–Kier alpha value is -0.520. The summed E-state index contributed by atoms with van der Waals surface area (Å²) in [6.07, 6.45) is 6.66. The number of thiazole rings is 1. The lowest BCUT2D eigenvalue weighted by atomic mass is 10.0. The summed E-state index contributed by atoms with van der Waals surface area (Å²) in [5.74, 6) is 1.14. The Kier molecular flexibility index (Phi) is 3.63. The van der Waals surface area contributed by atoms with Gasteiger partial charge in [-0.1, -0.05) is 24.4 Å². The highest BCUT2D eigenvalue weighted by molar-refractivity contribution is 9.10. The molecule has 2 aromatic heterocycles. The number of hydrogen-bond acceptors (Lipinski definition) is 4. The second-order valence-corrected chi connectivity index (χ2v) is 6.40. The van der Waals surface area contributed by atoms with Crippen molar-refractivity contribution in [1.82, 2.24) is 15.0 Å². The zero-order chi connectivity index (χ0) is 12.5. The summed E-state index contributed by atoms with van der Waals surface area (Å²) < 4.78 is 0.844. The predicted molar refractivity (Wildman–Crippen MR) is 77.1 cm³/mol. The smallest absolute Gasteiger partial charge is 0.190 e. The standard InChI is InChI=1S/C12H11BrClN3S/c13-8-9(7-3-1-2-4-7)16-11(17-10(8)14)12-15-5-6-18-12/h5-7H,1-4H2. The molecule has 1 fully saturated rings. The summed E-state index contributed by atoms with van der Waals surface area (Å²) in [6.45, 7) is 0. The number of rotatable bonds is 2. The molecule has 0 spiro atoms. The average molecular weight is 345 g/mol. The lowest BCUT2D eigenvalue weighted by Crippen LogP contribution is -2.02. The van der Waals surface area contributed by atoms with Gasteiger partial charge in [0.15, 0.2) is 10.8 Å². The van der Waals surface area contributed by atoms with Crippen LogP contribution in [0.1, 0.15) is 37.3 Å². The van der Waals surface area contributed by atoms with Gasteiger partial charge in [0.05, 0.1) is 10.2 Å². The van der Waals surface area contributed by atoms with Gasteiger partial charge in [-0.05, 0) is 28.8 Å². The molecule has 0 aliphatic heterocycles. The maximum absolute atomic E-state index is 6.19. The summed E-state index contributed by atoms with van der Waals surface area (Å²) in [7, 11) is 0. The van der Waals surface area contributed by atoms with Crippen LogP contribution >= 0.6 is 38.9 Å². The number of hydrogen-bond donors (Lipinski definition) is 0. The maximum Gasteiger partial charge on any atom is 0.190 e. The molecule has 94 valence electrons. The summed E-state index contributed by atoms with van der Waals surface area (Å²) in [6, 6.07) is 0. The van der Waals surface area contributed by atoms with Gasteiger partial charge in [0, 0.05) is 17.5 Å². The van der Waals surface area contributed by atoms with Crippen molar-refractivity contribution in [3.63, 3.8) is 0 Å². The Morgan fingerprint density at radius 2 is 2.06 bits per heavy atom. The minimum absolute atomic E-state index is 0.483. The normalized spacial score (nSPS) is 16.3. The van der Waals surface area contributed by atoms with Gasteiger partial charge in [-0.3, -0.25) is 0 Å². The summed E-state index contributed by atoms with van der Waals surface area (Å²) in [5, 5.41) is 3.23. The zero-order valence-corrected chi connectivity index (χ0v) is 12.7. The molecule has 18 heavy (non-hydrogen) atoms. The van der Waals surface area contributed by atoms with Crippen LogP contribution in [0.5, 0.6) is 0 Å². The van der Waals surface area contributed by atoms with Gasteiger partial charge in [0.2, 0.25) is 0 Å². The first-order chi connectivity index (χ1) is 8.75. The van der Waals surface area contributed by atoms with Gasteiger partial charge in [0.1, 0.15) is 5.15 Å². The molecule has 6 heteroatoms. The first-order valence-corrected chi connectivity index (χ1v) is 7.93. The minimum Gasteiger partial charge on any atom is -0.241 e. The van der Waals surface area contributed by atoms with Crippen molar-refractivity contribution in [1.29, 1.82) is 0 Å². The van der Waals surface area contributed by atoms with Crippen LogP contribution in [0.2, 0.25) is 5.15 Å². The third kappa shape index (κ3) is 2.31. The molecule has 2 heterocycles. The highest BCUT2D eigenvalue weighted by Crippen LogP contribution is 2.39. The first-order valence-electron chi connectivity index (χ1n) is 5.88. The second-order valence-electron chi connectivity index (χ2n) is 4.36. The Morgan fingerprint density at radius 1 is 1.28 bits per heavy atom. The largest absolute Gasteiger partial charge is 0.241 e. The maximum atomic E-state index is 6.19. The monoisotopic (exact) mass is 343 g/mol. The predicted octanol–water partition coefficient (Wildman–Crippen LogP) is 4.67. The van der Waals surface area contributed by atoms with E-state index in [0.29, 0.717) is 16.9 Å². The fourth-order valence-electron chi connectivity index (χ4n) is 2.34. The molecule has 3 rings (SSSR count). The highest BCUT2D eigenvalue weighted by atomic mass is 79.9. The van der Waals surface area contributed by atoms with Crippen LogP contribution in [0.3, 0.4) is 0 Å². The van der Waals surface area contributed by atoms with E-state index in [9.17, 15) is 0 Å². The van der Waals surface area contributed by atoms with Gasteiger partial charge in [-0.2, -0.15) is 0 Å². The molecular weight excluding hydrogens is 334 g/mol. The molecule has 0 saturated heterocycles. The van der Waals surface area contributed by atoms with E-state index in [2.05, 4.69) is 30.9 Å². The van der Waals surface area contributed by atoms with Crippen molar-refractivity contribution >= 4 is 38.9 Å². The van der Waals surface area contributed by atoms with Crippen LogP contribution < -0.4 is 0 Å². The van der Waals surface area contributed by atoms with Gasteiger partial charge in [0.25, 0.3) is 0 Å². The van der Waals surface area contributed by atoms with Crippen molar-refractivity contribution in [2.24, 2.45) is 0 Å². The molecule has 0 bridgehead atoms. The third-order valence-electron chi connectivity index (χ3n) is 3.20. The van der Waals surface area contributed by atoms with E-state index in [1.807, 2.05) is 5.38 Å². The molecule has 0 aromatic carbocycles. The number of halogens is 2. The van der Waals surface area contributed by atoms with E-state index in [1.54, 1.807) is 6.20 Å². The lowest BCUT2D eigenvalue weighted by molar-refractivity contribution is 0.690. The Labute approximate surface area is 123 Å². The van der Waals surface area contributed by atoms with Crippen molar-refractivity contribution in [3.8, 4) is 10.8 Å². The molecular formula is C12H11BrClN3S. The van der Waals surface area contributed by atoms with Crippen LogP contribution in [-0.4, -0.2) is 15.0 Å². The fourth-order valence-corrected chi connectivity index (χ4v) is 3.58. The lowest BCUT2D eigenvalue weighted by Gasteiger charge is -2.12. The highest BCUT2D eigenvalue weighted by Gasteiger charge is 2.24. The molecule has 1 aliphatic rings. The van der Waals surface area contributed by atoms with Crippen molar-refractivity contribution in [3.05, 3.63) is 26.9 Å². The quantitative estimate of drug-likeness (QED) is 0.743. The SMILES string of the molecule is Clc1nc(-c2nccs2)nc(C2CCCC2)c1Br. The molecule has 0 N–H and O–H groups in total. The molecule has 3 nitrogen and oxygen atoms in total. The Morgan fingerprint density at radius 3 is 2.72 bits per heavy atom. The second kappa shape index (κ2) is 5.23. The van der Waals surface area contributed by atoms with E-state index in [0.717, 1.165) is 15.2 Å². The first kappa shape index (κ1) is 12.5. The van der Waals surface area contributed by atoms with E-state index in [-0.39, 0.29) is 0 Å². The molecule has 2 aromatic rings. The minimum atomic E-state index is 0.483. The Bertz CT molecular complexity index is 553. The van der Waals surface area contributed by atoms with Gasteiger partial charge >= 0.3 is 0 Å². The molecule has 0 atom stereocenters. The van der Waals surface area contributed by atoms with E-state index in [4.69, 9.17) is 11.6 Å². The summed E-state index contributed by atoms with van der Waals surface area (Å²) in [4.78, 5) is 13.2. The Balaban J connectivity index is 2.07. The fraction of sp³-hybridized carbons (Fsp3) is 0.417. The van der Waals surface area contributed by atoms with Crippen LogP contribution in [0.15, 0.2) is 16.0 Å².